The second-order valence-electron chi connectivity index (χ2n) is 16.8. The van der Waals surface area contributed by atoms with E-state index in [0.29, 0.717) is 45.2 Å². The second kappa shape index (κ2) is 17.6. The summed E-state index contributed by atoms with van der Waals surface area (Å²) in [5.41, 5.74) is -0.493. The van der Waals surface area contributed by atoms with E-state index in [0.717, 1.165) is 17.7 Å². The van der Waals surface area contributed by atoms with Gasteiger partial charge in [-0.25, -0.2) is 19.7 Å². The molecule has 11 atom stereocenters. The van der Waals surface area contributed by atoms with E-state index in [4.69, 9.17) is 18.9 Å². The van der Waals surface area contributed by atoms with Crippen molar-refractivity contribution >= 4 is 23.6 Å². The molecule has 2 aromatic rings. The van der Waals surface area contributed by atoms with Crippen LogP contribution in [-0.4, -0.2) is 102 Å². The molecule has 0 bridgehead atoms. The van der Waals surface area contributed by atoms with E-state index < -0.39 is 71.5 Å². The average molecular weight is 768 g/mol. The third-order valence-corrected chi connectivity index (χ3v) is 12.2. The molecule has 1 amide bonds. The Labute approximate surface area is 325 Å². The van der Waals surface area contributed by atoms with Crippen LogP contribution < -0.4 is 0 Å². The Hall–Kier alpha value is -3.75. The summed E-state index contributed by atoms with van der Waals surface area (Å²) in [5.74, 6) is -3.71. The zero-order valence-corrected chi connectivity index (χ0v) is 34.0. The second-order valence-corrected chi connectivity index (χ2v) is 16.8. The molecule has 304 valence electrons. The molecule has 0 aliphatic carbocycles. The molecule has 0 radical (unpaired) electrons. The number of hydrogen-bond donors (Lipinski definition) is 1. The van der Waals surface area contributed by atoms with Crippen molar-refractivity contribution in [2.45, 2.75) is 156 Å². The Morgan fingerprint density at radius 3 is 2.36 bits per heavy atom. The van der Waals surface area contributed by atoms with Gasteiger partial charge in [0.25, 0.3) is 0 Å². The number of unbranched alkanes of at least 4 members (excludes halogenated alkanes) is 1. The number of hydrogen-bond acceptors (Lipinski definition) is 12. The van der Waals surface area contributed by atoms with Crippen LogP contribution in [0.25, 0.3) is 11.3 Å². The fraction of sp³-hybridized carbons (Fsp3) is 0.732. The number of esters is 1. The molecule has 0 spiro atoms. The number of aryl methyl sites for hydroxylation is 1. The van der Waals surface area contributed by atoms with E-state index in [9.17, 15) is 24.3 Å². The van der Waals surface area contributed by atoms with Crippen molar-refractivity contribution < 1.29 is 43.2 Å². The van der Waals surface area contributed by atoms with E-state index in [1.165, 1.54) is 13.3 Å². The number of fused-ring (bicyclic) bond motifs is 1. The van der Waals surface area contributed by atoms with Crippen LogP contribution >= 0.6 is 0 Å². The highest BCUT2D eigenvalue weighted by Crippen LogP contribution is 2.44. The number of ketones is 2. The summed E-state index contributed by atoms with van der Waals surface area (Å²) in [6, 6.07) is -0.701. The number of aliphatic hydroxyl groups is 1. The molecule has 3 saturated heterocycles. The quantitative estimate of drug-likeness (QED) is 0.175. The topological polar surface area (TPSA) is 172 Å². The highest BCUT2D eigenvalue weighted by molar-refractivity contribution is 6.00. The minimum atomic E-state index is -1.30. The van der Waals surface area contributed by atoms with Crippen molar-refractivity contribution in [2.75, 3.05) is 6.54 Å². The average Bonchev–Trinajstić information content (AvgIpc) is 3.74. The summed E-state index contributed by atoms with van der Waals surface area (Å²) in [4.78, 5) is 70.4. The summed E-state index contributed by atoms with van der Waals surface area (Å²) < 4.78 is 27.0. The number of aromatic nitrogens is 4. The van der Waals surface area contributed by atoms with Crippen LogP contribution in [0.5, 0.6) is 0 Å². The molecule has 0 aromatic carbocycles. The number of nitrogens with zero attached hydrogens (tertiary/aromatic N) is 5. The summed E-state index contributed by atoms with van der Waals surface area (Å²) in [5, 5.41) is 11.1. The van der Waals surface area contributed by atoms with Crippen LogP contribution in [-0.2, 0) is 39.9 Å². The van der Waals surface area contributed by atoms with Gasteiger partial charge in [0.2, 0.25) is 0 Å². The van der Waals surface area contributed by atoms with Gasteiger partial charge in [0.05, 0.1) is 30.3 Å². The lowest BCUT2D eigenvalue weighted by Crippen LogP contribution is -2.56. The van der Waals surface area contributed by atoms with Crippen molar-refractivity contribution in [3.63, 3.8) is 0 Å². The van der Waals surface area contributed by atoms with Gasteiger partial charge >= 0.3 is 12.1 Å². The van der Waals surface area contributed by atoms with Crippen LogP contribution in [0.15, 0.2) is 31.2 Å². The first kappa shape index (κ1) is 42.4. The van der Waals surface area contributed by atoms with E-state index in [-0.39, 0.29) is 30.0 Å². The number of rotatable bonds is 10. The minimum absolute atomic E-state index is 0.00391. The molecule has 3 aliphatic rings. The van der Waals surface area contributed by atoms with Crippen LogP contribution in [0.2, 0.25) is 0 Å². The van der Waals surface area contributed by atoms with Gasteiger partial charge in [0, 0.05) is 55.5 Å². The molecule has 1 N–H and O–H groups in total. The van der Waals surface area contributed by atoms with Crippen LogP contribution in [0.3, 0.4) is 0 Å². The normalized spacial score (nSPS) is 34.8. The smallest absolute Gasteiger partial charge is 0.410 e. The number of amides is 1. The largest absolute Gasteiger partial charge is 0.457 e. The van der Waals surface area contributed by atoms with Crippen LogP contribution in [0.1, 0.15) is 107 Å². The lowest BCUT2D eigenvalue weighted by atomic mass is 9.70. The summed E-state index contributed by atoms with van der Waals surface area (Å²) in [6.45, 7) is 17.6. The molecular formula is C41H61N5O9. The number of imidazole rings is 1. The Morgan fingerprint density at radius 2 is 1.69 bits per heavy atom. The molecule has 2 aromatic heterocycles. The van der Waals surface area contributed by atoms with E-state index >= 15 is 0 Å². The number of carbonyl (C=O) groups excluding carboxylic acids is 4. The lowest BCUT2D eigenvalue weighted by Gasteiger charge is -2.45. The maximum absolute atomic E-state index is 14.4. The van der Waals surface area contributed by atoms with Crippen LogP contribution in [0, 0.1) is 29.1 Å². The highest BCUT2D eigenvalue weighted by Gasteiger charge is 2.59. The molecule has 55 heavy (non-hydrogen) atoms. The third-order valence-electron chi connectivity index (χ3n) is 12.2. The van der Waals surface area contributed by atoms with Gasteiger partial charge in [0.1, 0.15) is 30.2 Å². The molecule has 1 unspecified atom stereocenters. The first-order chi connectivity index (χ1) is 26.0. The van der Waals surface area contributed by atoms with E-state index in [1.807, 2.05) is 59.2 Å². The van der Waals surface area contributed by atoms with E-state index in [1.54, 1.807) is 30.5 Å². The lowest BCUT2D eigenvalue weighted by molar-refractivity contribution is -0.284. The highest BCUT2D eigenvalue weighted by atomic mass is 16.7. The molecule has 3 fully saturated rings. The van der Waals surface area contributed by atoms with Gasteiger partial charge in [-0.3, -0.25) is 14.4 Å². The zero-order chi connectivity index (χ0) is 40.2. The molecule has 5 heterocycles. The van der Waals surface area contributed by atoms with Gasteiger partial charge in [-0.05, 0) is 63.7 Å². The van der Waals surface area contributed by atoms with Gasteiger partial charge in [-0.2, -0.15) is 0 Å². The van der Waals surface area contributed by atoms with Crippen molar-refractivity contribution in [1.29, 1.82) is 0 Å². The number of carbonyl (C=O) groups is 4. The third kappa shape index (κ3) is 9.12. The fourth-order valence-electron chi connectivity index (χ4n) is 9.04. The summed E-state index contributed by atoms with van der Waals surface area (Å²) in [6.07, 6.45) is 7.21. The molecule has 5 rings (SSSR count). The number of aliphatic hydroxyl groups excluding tert-OH is 1. The van der Waals surface area contributed by atoms with Gasteiger partial charge in [-0.15, -0.1) is 0 Å². The first-order valence-electron chi connectivity index (χ1n) is 20.1. The predicted octanol–water partition coefficient (Wildman–Crippen LogP) is 5.80. The Morgan fingerprint density at radius 1 is 1.00 bits per heavy atom. The molecule has 14 nitrogen and oxygen atoms in total. The van der Waals surface area contributed by atoms with Crippen molar-refractivity contribution in [3.05, 3.63) is 31.2 Å². The molecular weight excluding hydrogens is 706 g/mol. The number of Topliss-reactive ketones (excluding diaryl/α,β-unsaturated/α-hetero) is 2. The Kier molecular flexibility index (Phi) is 13.6. The SMILES string of the molecule is CC[C@H]1OC(=O)[C@H](C)C(=O)[C@H](C)[C@@H](OC2O[C@H](C)C[C@H](C)[C@H]2O)C(C)(C)C[C@@H](C)C(=O)C[C@H]2N(CCCCn3cnc(-c4cncnc4)c3)C(=O)O[C@]12CC. The van der Waals surface area contributed by atoms with Crippen LogP contribution in [0.4, 0.5) is 4.79 Å². The zero-order valence-electron chi connectivity index (χ0n) is 34.0. The molecule has 14 heteroatoms. The standard InChI is InChI=1S/C41H61N5O9/c1-10-33-41(11-2)32(46(39(51)55-41)15-13-12-14-45-21-30(44-23-45)29-19-42-22-43-20-29)17-31(47)25(4)18-40(8,9)36(27(6)35(49)28(7)37(50)53-33)54-38-34(48)24(3)16-26(5)52-38/h19-28,32-34,36,38,48H,10-18H2,1-9H3/t24-,25+,26+,27-,28+,32+,33+,34+,36+,38?,41-/m0/s1. The van der Waals surface area contributed by atoms with Gasteiger partial charge < -0.3 is 33.5 Å². The summed E-state index contributed by atoms with van der Waals surface area (Å²) in [7, 11) is 0. The Balaban J connectivity index is 1.40. The Bertz CT molecular complexity index is 1650. The van der Waals surface area contributed by atoms with Crippen molar-refractivity contribution in [1.82, 2.24) is 24.4 Å². The summed E-state index contributed by atoms with van der Waals surface area (Å²) >= 11 is 0. The number of ether oxygens (including phenoxy) is 4. The van der Waals surface area contributed by atoms with Gasteiger partial charge in [-0.1, -0.05) is 48.5 Å². The van der Waals surface area contributed by atoms with E-state index in [2.05, 4.69) is 15.0 Å². The maximum Gasteiger partial charge on any atom is 0.410 e. The monoisotopic (exact) mass is 767 g/mol. The number of cyclic esters (lactones) is 1. The van der Waals surface area contributed by atoms with Crippen molar-refractivity contribution in [3.8, 4) is 11.3 Å². The van der Waals surface area contributed by atoms with Crippen molar-refractivity contribution in [2.24, 2.45) is 29.1 Å². The first-order valence-corrected chi connectivity index (χ1v) is 20.1. The molecule has 3 aliphatic heterocycles. The van der Waals surface area contributed by atoms with Gasteiger partial charge in [0.15, 0.2) is 17.7 Å². The minimum Gasteiger partial charge on any atom is -0.457 e. The molecule has 0 saturated carbocycles. The maximum atomic E-state index is 14.4. The predicted molar refractivity (Wildman–Crippen MR) is 202 cm³/mol. The fourth-order valence-corrected chi connectivity index (χ4v) is 9.04.